The van der Waals surface area contributed by atoms with Crippen LogP contribution in [-0.4, -0.2) is 24.2 Å². The molecule has 0 saturated heterocycles. The summed E-state index contributed by atoms with van der Waals surface area (Å²) in [6.07, 6.45) is 0.392. The van der Waals surface area contributed by atoms with Gasteiger partial charge in [-0.05, 0) is 24.2 Å². The van der Waals surface area contributed by atoms with Crippen molar-refractivity contribution in [3.63, 3.8) is 0 Å². The van der Waals surface area contributed by atoms with E-state index in [1.54, 1.807) is 18.2 Å². The van der Waals surface area contributed by atoms with Crippen LogP contribution in [-0.2, 0) is 9.59 Å². The van der Waals surface area contributed by atoms with Crippen LogP contribution in [0, 0.1) is 0 Å². The van der Waals surface area contributed by atoms with Gasteiger partial charge in [0.15, 0.2) is 0 Å². The van der Waals surface area contributed by atoms with Gasteiger partial charge < -0.3 is 11.1 Å². The van der Waals surface area contributed by atoms with E-state index in [4.69, 9.17) is 5.73 Å². The molecule has 1 atom stereocenters. The average Bonchev–Trinajstić information content (AvgIpc) is 2.28. The van der Waals surface area contributed by atoms with Crippen LogP contribution in [0.2, 0.25) is 0 Å². The van der Waals surface area contributed by atoms with E-state index in [-0.39, 0.29) is 5.91 Å². The fourth-order valence-electron chi connectivity index (χ4n) is 1.79. The number of halogens is 1. The van der Waals surface area contributed by atoms with E-state index in [0.29, 0.717) is 24.4 Å². The SMILES string of the molecule is NCCC1=NC(=O)C(c2cccc(Br)c2)C(=O)N1. The van der Waals surface area contributed by atoms with E-state index in [2.05, 4.69) is 26.2 Å². The van der Waals surface area contributed by atoms with Crippen LogP contribution < -0.4 is 11.1 Å². The van der Waals surface area contributed by atoms with E-state index in [1.165, 1.54) is 0 Å². The second-order valence-electron chi connectivity index (χ2n) is 3.91. The molecule has 1 aliphatic rings. The molecule has 0 radical (unpaired) electrons. The third kappa shape index (κ3) is 2.65. The topological polar surface area (TPSA) is 84.5 Å². The molecule has 1 heterocycles. The molecule has 5 nitrogen and oxygen atoms in total. The number of rotatable bonds is 3. The molecule has 2 rings (SSSR count). The first-order chi connectivity index (χ1) is 8.61. The number of carbonyl (C=O) groups is 2. The summed E-state index contributed by atoms with van der Waals surface area (Å²) in [5.74, 6) is -1.32. The van der Waals surface area contributed by atoms with Gasteiger partial charge in [-0.15, -0.1) is 0 Å². The molecule has 2 amide bonds. The molecule has 1 aliphatic heterocycles. The van der Waals surface area contributed by atoms with Crippen LogP contribution in [0.1, 0.15) is 17.9 Å². The predicted octanol–water partition coefficient (Wildman–Crippen LogP) is 0.936. The van der Waals surface area contributed by atoms with Gasteiger partial charge in [0.25, 0.3) is 5.91 Å². The van der Waals surface area contributed by atoms with Crippen molar-refractivity contribution in [1.29, 1.82) is 0 Å². The summed E-state index contributed by atoms with van der Waals surface area (Å²) in [7, 11) is 0. The molecule has 1 unspecified atom stereocenters. The summed E-state index contributed by atoms with van der Waals surface area (Å²) in [4.78, 5) is 27.7. The molecular formula is C12H12BrN3O2. The van der Waals surface area contributed by atoms with E-state index in [9.17, 15) is 9.59 Å². The van der Waals surface area contributed by atoms with E-state index in [1.807, 2.05) is 6.07 Å². The van der Waals surface area contributed by atoms with Crippen molar-refractivity contribution in [2.24, 2.45) is 10.7 Å². The average molecular weight is 310 g/mol. The quantitative estimate of drug-likeness (QED) is 0.815. The number of amidine groups is 1. The lowest BCUT2D eigenvalue weighted by Crippen LogP contribution is -2.43. The Labute approximate surface area is 113 Å². The molecule has 0 saturated carbocycles. The maximum atomic E-state index is 11.9. The number of nitrogens with one attached hydrogen (secondary N) is 1. The first-order valence-electron chi connectivity index (χ1n) is 5.49. The van der Waals surface area contributed by atoms with Crippen molar-refractivity contribution in [2.45, 2.75) is 12.3 Å². The highest BCUT2D eigenvalue weighted by atomic mass is 79.9. The van der Waals surface area contributed by atoms with Crippen molar-refractivity contribution in [3.05, 3.63) is 34.3 Å². The maximum Gasteiger partial charge on any atom is 0.264 e. The summed E-state index contributed by atoms with van der Waals surface area (Å²) in [6.45, 7) is 0.341. The molecule has 0 aromatic heterocycles. The minimum absolute atomic E-state index is 0.341. The molecule has 94 valence electrons. The Morgan fingerprint density at radius 3 is 2.78 bits per heavy atom. The van der Waals surface area contributed by atoms with Crippen molar-refractivity contribution in [1.82, 2.24) is 5.32 Å². The Morgan fingerprint density at radius 2 is 2.17 bits per heavy atom. The zero-order chi connectivity index (χ0) is 13.1. The van der Waals surface area contributed by atoms with E-state index in [0.717, 1.165) is 4.47 Å². The van der Waals surface area contributed by atoms with Gasteiger partial charge in [-0.25, -0.2) is 0 Å². The minimum atomic E-state index is -0.871. The molecular weight excluding hydrogens is 298 g/mol. The summed E-state index contributed by atoms with van der Waals surface area (Å²) in [5, 5.41) is 2.61. The summed E-state index contributed by atoms with van der Waals surface area (Å²) in [6, 6.07) is 7.08. The maximum absolute atomic E-state index is 11.9. The Morgan fingerprint density at radius 1 is 1.39 bits per heavy atom. The van der Waals surface area contributed by atoms with Gasteiger partial charge in [0.2, 0.25) is 5.91 Å². The van der Waals surface area contributed by atoms with Gasteiger partial charge in [-0.1, -0.05) is 28.1 Å². The van der Waals surface area contributed by atoms with Gasteiger partial charge in [0.1, 0.15) is 11.8 Å². The number of aliphatic imine (C=N–C) groups is 1. The molecule has 0 bridgehead atoms. The smallest absolute Gasteiger partial charge is 0.264 e. The highest BCUT2D eigenvalue weighted by Gasteiger charge is 2.32. The number of carbonyl (C=O) groups excluding carboxylic acids is 2. The van der Waals surface area contributed by atoms with Crippen LogP contribution in [0.3, 0.4) is 0 Å². The Hall–Kier alpha value is -1.53. The fraction of sp³-hybridized carbons (Fsp3) is 0.250. The summed E-state index contributed by atoms with van der Waals surface area (Å²) >= 11 is 3.31. The zero-order valence-electron chi connectivity index (χ0n) is 9.52. The lowest BCUT2D eigenvalue weighted by atomic mass is 9.96. The minimum Gasteiger partial charge on any atom is -0.330 e. The molecule has 0 spiro atoms. The monoisotopic (exact) mass is 309 g/mol. The van der Waals surface area contributed by atoms with Crippen LogP contribution in [0.25, 0.3) is 0 Å². The van der Waals surface area contributed by atoms with Gasteiger partial charge >= 0.3 is 0 Å². The summed E-state index contributed by atoms with van der Waals surface area (Å²) in [5.41, 5.74) is 5.99. The van der Waals surface area contributed by atoms with Gasteiger partial charge in [-0.2, -0.15) is 4.99 Å². The molecule has 1 aromatic rings. The fourth-order valence-corrected chi connectivity index (χ4v) is 2.20. The number of amides is 2. The number of hydrogen-bond acceptors (Lipinski definition) is 3. The van der Waals surface area contributed by atoms with Crippen LogP contribution >= 0.6 is 15.9 Å². The van der Waals surface area contributed by atoms with Crippen molar-refractivity contribution in [3.8, 4) is 0 Å². The van der Waals surface area contributed by atoms with E-state index < -0.39 is 11.8 Å². The highest BCUT2D eigenvalue weighted by Crippen LogP contribution is 2.23. The second-order valence-corrected chi connectivity index (χ2v) is 4.83. The predicted molar refractivity (Wildman–Crippen MR) is 71.1 cm³/mol. The van der Waals surface area contributed by atoms with E-state index >= 15 is 0 Å². The van der Waals surface area contributed by atoms with Gasteiger partial charge in [0, 0.05) is 10.9 Å². The normalized spacial score (nSPS) is 19.4. The lowest BCUT2D eigenvalue weighted by Gasteiger charge is -2.20. The van der Waals surface area contributed by atoms with Crippen molar-refractivity contribution < 1.29 is 9.59 Å². The van der Waals surface area contributed by atoms with Crippen molar-refractivity contribution in [2.75, 3.05) is 6.54 Å². The number of nitrogens with two attached hydrogens (primary N) is 1. The van der Waals surface area contributed by atoms with Gasteiger partial charge in [-0.3, -0.25) is 9.59 Å². The molecule has 6 heteroatoms. The van der Waals surface area contributed by atoms with Gasteiger partial charge in [0.05, 0.1) is 0 Å². The lowest BCUT2D eigenvalue weighted by molar-refractivity contribution is -0.129. The summed E-state index contributed by atoms with van der Waals surface area (Å²) < 4.78 is 0.817. The zero-order valence-corrected chi connectivity index (χ0v) is 11.1. The largest absolute Gasteiger partial charge is 0.330 e. The second kappa shape index (κ2) is 5.41. The van der Waals surface area contributed by atoms with Crippen LogP contribution in [0.15, 0.2) is 33.7 Å². The molecule has 1 aromatic carbocycles. The van der Waals surface area contributed by atoms with Crippen LogP contribution in [0.4, 0.5) is 0 Å². The standard InChI is InChI=1S/C12H12BrN3O2/c13-8-3-1-2-7(6-8)10-11(17)15-9(4-5-14)16-12(10)18/h1-3,6,10H,4-5,14H2,(H,15,16,17,18). The Kier molecular flexibility index (Phi) is 3.88. The molecule has 3 N–H and O–H groups in total. The first-order valence-corrected chi connectivity index (χ1v) is 6.29. The Balaban J connectivity index is 2.30. The molecule has 0 fully saturated rings. The highest BCUT2D eigenvalue weighted by molar-refractivity contribution is 9.10. The third-order valence-corrected chi connectivity index (χ3v) is 3.08. The number of hydrogen-bond donors (Lipinski definition) is 2. The molecule has 0 aliphatic carbocycles. The molecule has 18 heavy (non-hydrogen) atoms. The number of nitrogens with zero attached hydrogens (tertiary/aromatic N) is 1. The number of benzene rings is 1. The third-order valence-electron chi connectivity index (χ3n) is 2.58. The first kappa shape index (κ1) is 12.9. The van der Waals surface area contributed by atoms with Crippen molar-refractivity contribution >= 4 is 33.6 Å². The Bertz CT molecular complexity index is 528. The van der Waals surface area contributed by atoms with Crippen LogP contribution in [0.5, 0.6) is 0 Å².